The molecule has 4 nitrogen and oxygen atoms in total. The lowest BCUT2D eigenvalue weighted by Crippen LogP contribution is -2.32. The summed E-state index contributed by atoms with van der Waals surface area (Å²) in [6.45, 7) is 4.91. The highest BCUT2D eigenvalue weighted by Gasteiger charge is 2.11. The lowest BCUT2D eigenvalue weighted by molar-refractivity contribution is -0.141. The maximum atomic E-state index is 10.1. The molecule has 0 bridgehead atoms. The van der Waals surface area contributed by atoms with E-state index in [9.17, 15) is 4.79 Å². The molecule has 4 heteroatoms. The molecule has 0 radical (unpaired) electrons. The smallest absolute Gasteiger partial charge is 0.320 e. The molecule has 0 aromatic heterocycles. The van der Waals surface area contributed by atoms with Crippen molar-refractivity contribution in [1.29, 1.82) is 0 Å². The molecule has 13 heavy (non-hydrogen) atoms. The fourth-order valence-electron chi connectivity index (χ4n) is 0.221. The van der Waals surface area contributed by atoms with Crippen LogP contribution in [0.25, 0.3) is 0 Å². The fraction of sp³-hybridized carbons (Fsp3) is 0.889. The third-order valence-electron chi connectivity index (χ3n) is 1.76. The van der Waals surface area contributed by atoms with E-state index >= 15 is 0 Å². The summed E-state index contributed by atoms with van der Waals surface area (Å²) in [7, 11) is 7.58. The number of hydrogen-bond acceptors (Lipinski definition) is 3. The van der Waals surface area contributed by atoms with E-state index in [1.165, 1.54) is 0 Å². The van der Waals surface area contributed by atoms with Gasteiger partial charge in [-0.2, -0.15) is 0 Å². The Morgan fingerprint density at radius 3 is 1.62 bits per heavy atom. The third kappa shape index (κ3) is 11.4. The van der Waals surface area contributed by atoms with E-state index in [-0.39, 0.29) is 6.04 Å². The normalized spacial score (nSPS) is 12.3. The van der Waals surface area contributed by atoms with Crippen molar-refractivity contribution in [2.75, 3.05) is 34.7 Å². The summed E-state index contributed by atoms with van der Waals surface area (Å²) in [6.07, 6.45) is 0. The van der Waals surface area contributed by atoms with Crippen LogP contribution in [0.3, 0.4) is 0 Å². The summed E-state index contributed by atoms with van der Waals surface area (Å²) in [5, 5.41) is 8.31. The first-order chi connectivity index (χ1) is 5.82. The summed E-state index contributed by atoms with van der Waals surface area (Å²) < 4.78 is 0. The minimum absolute atomic E-state index is 0.380. The van der Waals surface area contributed by atoms with Gasteiger partial charge >= 0.3 is 5.97 Å². The van der Waals surface area contributed by atoms with Gasteiger partial charge in [0.05, 0.1) is 0 Å². The highest BCUT2D eigenvalue weighted by atomic mass is 16.4. The monoisotopic (exact) mass is 190 g/mol. The molecule has 0 aliphatic heterocycles. The summed E-state index contributed by atoms with van der Waals surface area (Å²) in [4.78, 5) is 13.9. The van der Waals surface area contributed by atoms with Crippen LogP contribution in [0.5, 0.6) is 0 Å². The molecular formula is C9H22N2O2. The van der Waals surface area contributed by atoms with Crippen LogP contribution in [0.4, 0.5) is 0 Å². The molecule has 0 fully saturated rings. The van der Waals surface area contributed by atoms with Gasteiger partial charge in [-0.3, -0.25) is 9.69 Å². The van der Waals surface area contributed by atoms with Gasteiger partial charge < -0.3 is 10.0 Å². The van der Waals surface area contributed by atoms with E-state index in [0.717, 1.165) is 6.54 Å². The molecule has 80 valence electrons. The number of nitrogens with zero attached hydrogens (tertiary/aromatic N) is 2. The van der Waals surface area contributed by atoms with Crippen molar-refractivity contribution in [2.45, 2.75) is 19.9 Å². The van der Waals surface area contributed by atoms with Gasteiger partial charge in [-0.25, -0.2) is 0 Å². The molecule has 0 aromatic carbocycles. The molecule has 1 unspecified atom stereocenters. The summed E-state index contributed by atoms with van der Waals surface area (Å²) in [5.41, 5.74) is 0. The standard InChI is InChI=1S/C5H11NO2.C4H11N/c1-4(5(7)8)6(2)3;1-4-5(2)3/h4H,1-3H3,(H,7,8);4H2,1-3H3. The summed E-state index contributed by atoms with van der Waals surface area (Å²) >= 11 is 0. The maximum Gasteiger partial charge on any atom is 0.320 e. The molecule has 0 amide bonds. The van der Waals surface area contributed by atoms with Crippen molar-refractivity contribution in [3.05, 3.63) is 0 Å². The van der Waals surface area contributed by atoms with Crippen molar-refractivity contribution in [3.8, 4) is 0 Å². The van der Waals surface area contributed by atoms with Crippen LogP contribution in [-0.4, -0.2) is 61.7 Å². The van der Waals surface area contributed by atoms with Crippen molar-refractivity contribution >= 4 is 5.97 Å². The third-order valence-corrected chi connectivity index (χ3v) is 1.76. The number of aliphatic carboxylic acids is 1. The van der Waals surface area contributed by atoms with Crippen LogP contribution in [0.15, 0.2) is 0 Å². The molecule has 0 rings (SSSR count). The quantitative estimate of drug-likeness (QED) is 0.707. The second kappa shape index (κ2) is 8.01. The number of carboxylic acid groups (broad SMARTS) is 1. The SMILES string of the molecule is CC(C(=O)O)N(C)C.CCN(C)C. The van der Waals surface area contributed by atoms with Gasteiger partial charge in [0.25, 0.3) is 0 Å². The molecule has 0 aliphatic rings. The Morgan fingerprint density at radius 1 is 1.31 bits per heavy atom. The Bertz CT molecular complexity index is 136. The van der Waals surface area contributed by atoms with E-state index in [1.807, 2.05) is 0 Å². The second-order valence-corrected chi connectivity index (χ2v) is 3.37. The van der Waals surface area contributed by atoms with Gasteiger partial charge in [-0.1, -0.05) is 6.92 Å². The Hall–Kier alpha value is -0.610. The Balaban J connectivity index is 0. The largest absolute Gasteiger partial charge is 0.480 e. The predicted octanol–water partition coefficient (Wildman–Crippen LogP) is 0.589. The van der Waals surface area contributed by atoms with E-state index in [2.05, 4.69) is 25.9 Å². The van der Waals surface area contributed by atoms with Crippen molar-refractivity contribution < 1.29 is 9.90 Å². The number of carbonyl (C=O) groups is 1. The summed E-state index contributed by atoms with van der Waals surface area (Å²) in [5.74, 6) is -0.782. The van der Waals surface area contributed by atoms with Crippen LogP contribution in [-0.2, 0) is 4.79 Å². The van der Waals surface area contributed by atoms with Crippen molar-refractivity contribution in [2.24, 2.45) is 0 Å². The fourth-order valence-corrected chi connectivity index (χ4v) is 0.221. The van der Waals surface area contributed by atoms with Crippen molar-refractivity contribution in [1.82, 2.24) is 9.80 Å². The Morgan fingerprint density at radius 2 is 1.62 bits per heavy atom. The first kappa shape index (κ1) is 14.9. The average Bonchev–Trinajstić information content (AvgIpc) is 2.03. The van der Waals surface area contributed by atoms with Gasteiger partial charge in [0.2, 0.25) is 0 Å². The Kier molecular flexibility index (Phi) is 9.17. The average molecular weight is 190 g/mol. The van der Waals surface area contributed by atoms with Gasteiger partial charge in [0.15, 0.2) is 0 Å². The molecule has 0 saturated heterocycles. The molecule has 0 spiro atoms. The molecule has 0 aliphatic carbocycles. The lowest BCUT2D eigenvalue weighted by Gasteiger charge is -2.13. The summed E-state index contributed by atoms with van der Waals surface area (Å²) in [6, 6.07) is -0.380. The van der Waals surface area contributed by atoms with Crippen LogP contribution >= 0.6 is 0 Å². The first-order valence-electron chi connectivity index (χ1n) is 4.36. The van der Waals surface area contributed by atoms with Crippen LogP contribution < -0.4 is 0 Å². The zero-order valence-corrected chi connectivity index (χ0v) is 9.53. The lowest BCUT2D eigenvalue weighted by atomic mass is 10.3. The predicted molar refractivity (Wildman–Crippen MR) is 55.0 cm³/mol. The molecule has 1 N–H and O–H groups in total. The molecule has 0 saturated carbocycles. The van der Waals surface area contributed by atoms with Crippen molar-refractivity contribution in [3.63, 3.8) is 0 Å². The minimum atomic E-state index is -0.782. The van der Waals surface area contributed by atoms with Gasteiger partial charge in [-0.15, -0.1) is 0 Å². The number of carboxylic acids is 1. The van der Waals surface area contributed by atoms with Crippen LogP contribution in [0.1, 0.15) is 13.8 Å². The molecule has 0 aromatic rings. The highest BCUT2D eigenvalue weighted by molar-refractivity contribution is 5.72. The van der Waals surface area contributed by atoms with Gasteiger partial charge in [-0.05, 0) is 41.7 Å². The number of likely N-dealkylation sites (N-methyl/N-ethyl adjacent to an activating group) is 1. The minimum Gasteiger partial charge on any atom is -0.480 e. The van der Waals surface area contributed by atoms with E-state index in [4.69, 9.17) is 5.11 Å². The first-order valence-corrected chi connectivity index (χ1v) is 4.36. The van der Waals surface area contributed by atoms with E-state index in [1.54, 1.807) is 25.9 Å². The zero-order valence-electron chi connectivity index (χ0n) is 9.53. The Labute approximate surface area is 81.1 Å². The topological polar surface area (TPSA) is 43.8 Å². The van der Waals surface area contributed by atoms with Crippen LogP contribution in [0.2, 0.25) is 0 Å². The highest BCUT2D eigenvalue weighted by Crippen LogP contribution is 1.88. The number of rotatable bonds is 3. The maximum absolute atomic E-state index is 10.1. The second-order valence-electron chi connectivity index (χ2n) is 3.37. The molecule has 0 heterocycles. The van der Waals surface area contributed by atoms with Crippen LogP contribution in [0, 0.1) is 0 Å². The van der Waals surface area contributed by atoms with Gasteiger partial charge in [0.1, 0.15) is 6.04 Å². The van der Waals surface area contributed by atoms with E-state index in [0.29, 0.717) is 0 Å². The number of hydrogen-bond donors (Lipinski definition) is 1. The van der Waals surface area contributed by atoms with E-state index < -0.39 is 5.97 Å². The molecular weight excluding hydrogens is 168 g/mol. The molecule has 1 atom stereocenters. The zero-order chi connectivity index (χ0) is 11.0. The van der Waals surface area contributed by atoms with Gasteiger partial charge in [0, 0.05) is 0 Å².